The molecular formula is C18H26N6O2. The molecule has 8 heteroatoms. The molecule has 4 rings (SSSR count). The van der Waals surface area contributed by atoms with Gasteiger partial charge in [0.2, 0.25) is 11.8 Å². The Balaban J connectivity index is 1.37. The molecule has 0 saturated carbocycles. The number of aromatic nitrogens is 4. The van der Waals surface area contributed by atoms with Crippen LogP contribution in [-0.2, 0) is 19.5 Å². The van der Waals surface area contributed by atoms with E-state index in [-0.39, 0.29) is 11.9 Å². The first-order valence-corrected chi connectivity index (χ1v) is 9.43. The molecule has 2 aromatic heterocycles. The molecule has 2 aliphatic rings. The highest BCUT2D eigenvalue weighted by Crippen LogP contribution is 2.32. The summed E-state index contributed by atoms with van der Waals surface area (Å²) >= 11 is 0. The van der Waals surface area contributed by atoms with E-state index in [1.165, 1.54) is 0 Å². The third-order valence-electron chi connectivity index (χ3n) is 5.18. The first-order chi connectivity index (χ1) is 12.5. The van der Waals surface area contributed by atoms with Crippen molar-refractivity contribution < 1.29 is 9.21 Å². The Hall–Kier alpha value is -2.22. The first-order valence-electron chi connectivity index (χ1n) is 9.43. The van der Waals surface area contributed by atoms with Crippen LogP contribution in [0.3, 0.4) is 0 Å². The number of carbonyl (C=O) groups is 1. The van der Waals surface area contributed by atoms with Crippen LogP contribution in [-0.4, -0.2) is 60.9 Å². The molecule has 0 N–H and O–H groups in total. The van der Waals surface area contributed by atoms with E-state index in [9.17, 15) is 4.79 Å². The van der Waals surface area contributed by atoms with Gasteiger partial charge in [0.15, 0.2) is 0 Å². The number of hydrogen-bond donors (Lipinski definition) is 0. The van der Waals surface area contributed by atoms with Crippen molar-refractivity contribution in [1.82, 2.24) is 29.8 Å². The van der Waals surface area contributed by atoms with Gasteiger partial charge in [-0.05, 0) is 18.4 Å². The SMILES string of the molecule is CCc1nnc(CN2C[C@@H]3C[C@H]2CN3C(=O)c2ccn(CC(C)C)n2)o1. The Morgan fingerprint density at radius 2 is 2.08 bits per heavy atom. The number of likely N-dealkylation sites (tertiary alicyclic amines) is 2. The van der Waals surface area contributed by atoms with Crippen molar-refractivity contribution in [3.8, 4) is 0 Å². The Morgan fingerprint density at radius 1 is 1.27 bits per heavy atom. The average Bonchev–Trinajstić information content (AvgIpc) is 3.37. The summed E-state index contributed by atoms with van der Waals surface area (Å²) in [5.41, 5.74) is 0.550. The zero-order valence-electron chi connectivity index (χ0n) is 15.6. The highest BCUT2D eigenvalue weighted by atomic mass is 16.4. The third kappa shape index (κ3) is 3.25. The van der Waals surface area contributed by atoms with Crippen LogP contribution in [0.15, 0.2) is 16.7 Å². The molecule has 0 radical (unpaired) electrons. The van der Waals surface area contributed by atoms with Crippen LogP contribution < -0.4 is 0 Å². The fourth-order valence-electron chi connectivity index (χ4n) is 3.96. The van der Waals surface area contributed by atoms with Gasteiger partial charge < -0.3 is 9.32 Å². The molecule has 2 fully saturated rings. The fourth-order valence-corrected chi connectivity index (χ4v) is 3.96. The van der Waals surface area contributed by atoms with Crippen molar-refractivity contribution >= 4 is 5.91 Å². The minimum atomic E-state index is 0.0470. The number of rotatable bonds is 6. The molecule has 0 aromatic carbocycles. The van der Waals surface area contributed by atoms with Crippen LogP contribution in [0.5, 0.6) is 0 Å². The minimum absolute atomic E-state index is 0.0470. The van der Waals surface area contributed by atoms with E-state index in [0.29, 0.717) is 36.0 Å². The van der Waals surface area contributed by atoms with E-state index in [4.69, 9.17) is 4.42 Å². The number of aryl methyl sites for hydroxylation is 1. The summed E-state index contributed by atoms with van der Waals surface area (Å²) in [7, 11) is 0. The Labute approximate surface area is 153 Å². The van der Waals surface area contributed by atoms with E-state index in [1.54, 1.807) is 0 Å². The Morgan fingerprint density at radius 3 is 2.73 bits per heavy atom. The van der Waals surface area contributed by atoms with Crippen molar-refractivity contribution in [2.45, 2.75) is 58.8 Å². The van der Waals surface area contributed by atoms with E-state index in [1.807, 2.05) is 28.8 Å². The molecule has 2 atom stereocenters. The lowest BCUT2D eigenvalue weighted by Gasteiger charge is -2.33. The maximum absolute atomic E-state index is 12.8. The summed E-state index contributed by atoms with van der Waals surface area (Å²) in [5.74, 6) is 1.90. The molecule has 4 heterocycles. The average molecular weight is 358 g/mol. The lowest BCUT2D eigenvalue weighted by molar-refractivity contribution is 0.0598. The fraction of sp³-hybridized carbons (Fsp3) is 0.667. The summed E-state index contributed by atoms with van der Waals surface area (Å²) < 4.78 is 7.48. The van der Waals surface area contributed by atoms with E-state index < -0.39 is 0 Å². The zero-order valence-corrected chi connectivity index (χ0v) is 15.6. The van der Waals surface area contributed by atoms with E-state index >= 15 is 0 Å². The lowest BCUT2D eigenvalue weighted by atomic mass is 10.2. The zero-order chi connectivity index (χ0) is 18.3. The molecule has 2 aliphatic heterocycles. The van der Waals surface area contributed by atoms with Gasteiger partial charge in [0.05, 0.1) is 6.54 Å². The van der Waals surface area contributed by atoms with Gasteiger partial charge in [0.25, 0.3) is 5.91 Å². The molecule has 8 nitrogen and oxygen atoms in total. The number of carbonyl (C=O) groups excluding carboxylic acids is 1. The van der Waals surface area contributed by atoms with E-state index in [0.717, 1.165) is 32.5 Å². The summed E-state index contributed by atoms with van der Waals surface area (Å²) in [5, 5.41) is 12.6. The standard InChI is InChI=1S/C18H26N6O2/c1-4-16-19-20-17(26-16)11-22-9-14-7-13(22)10-24(14)18(25)15-5-6-23(21-15)8-12(2)3/h5-6,12-14H,4,7-11H2,1-3H3/t13-,14-/m0/s1. The predicted octanol–water partition coefficient (Wildman–Crippen LogP) is 1.58. The second kappa shape index (κ2) is 6.83. The normalized spacial score (nSPS) is 22.7. The van der Waals surface area contributed by atoms with Crippen LogP contribution in [0, 0.1) is 5.92 Å². The second-order valence-corrected chi connectivity index (χ2v) is 7.69. The van der Waals surface area contributed by atoms with Crippen molar-refractivity contribution in [1.29, 1.82) is 0 Å². The van der Waals surface area contributed by atoms with Crippen LogP contribution in [0.4, 0.5) is 0 Å². The molecule has 0 spiro atoms. The molecule has 2 saturated heterocycles. The van der Waals surface area contributed by atoms with E-state index in [2.05, 4.69) is 34.0 Å². The molecule has 0 aliphatic carbocycles. The summed E-state index contributed by atoms with van der Waals surface area (Å²) in [6.07, 6.45) is 3.66. The quantitative estimate of drug-likeness (QED) is 0.780. The molecule has 2 bridgehead atoms. The first kappa shape index (κ1) is 17.2. The minimum Gasteiger partial charge on any atom is -0.424 e. The van der Waals surface area contributed by atoms with Gasteiger partial charge in [-0.1, -0.05) is 20.8 Å². The molecule has 140 valence electrons. The maximum atomic E-state index is 12.8. The third-order valence-corrected chi connectivity index (χ3v) is 5.18. The van der Waals surface area contributed by atoms with Gasteiger partial charge >= 0.3 is 0 Å². The summed E-state index contributed by atoms with van der Waals surface area (Å²) in [6, 6.07) is 2.44. The van der Waals surface area contributed by atoms with Crippen molar-refractivity contribution in [2.75, 3.05) is 13.1 Å². The number of amides is 1. The maximum Gasteiger partial charge on any atom is 0.274 e. The molecule has 26 heavy (non-hydrogen) atoms. The van der Waals surface area contributed by atoms with Crippen LogP contribution >= 0.6 is 0 Å². The number of fused-ring (bicyclic) bond motifs is 2. The second-order valence-electron chi connectivity index (χ2n) is 7.69. The van der Waals surface area contributed by atoms with Gasteiger partial charge in [-0.15, -0.1) is 10.2 Å². The molecular weight excluding hydrogens is 332 g/mol. The topological polar surface area (TPSA) is 80.3 Å². The predicted molar refractivity (Wildman–Crippen MR) is 94.4 cm³/mol. The molecule has 2 aromatic rings. The van der Waals surface area contributed by atoms with Gasteiger partial charge in [-0.3, -0.25) is 14.4 Å². The van der Waals surface area contributed by atoms with Crippen molar-refractivity contribution in [3.05, 3.63) is 29.7 Å². The Bertz CT molecular complexity index is 782. The number of piperazine rings is 1. The van der Waals surface area contributed by atoms with Gasteiger partial charge in [-0.25, -0.2) is 0 Å². The largest absolute Gasteiger partial charge is 0.424 e. The smallest absolute Gasteiger partial charge is 0.274 e. The van der Waals surface area contributed by atoms with Crippen LogP contribution in [0.1, 0.15) is 49.5 Å². The monoisotopic (exact) mass is 358 g/mol. The lowest BCUT2D eigenvalue weighted by Crippen LogP contribution is -2.48. The summed E-state index contributed by atoms with van der Waals surface area (Å²) in [4.78, 5) is 17.2. The van der Waals surface area contributed by atoms with Gasteiger partial charge in [0.1, 0.15) is 5.69 Å². The number of hydrogen-bond acceptors (Lipinski definition) is 6. The Kier molecular flexibility index (Phi) is 4.52. The summed E-state index contributed by atoms with van der Waals surface area (Å²) in [6.45, 7) is 9.38. The van der Waals surface area contributed by atoms with Crippen molar-refractivity contribution in [3.63, 3.8) is 0 Å². The van der Waals surface area contributed by atoms with Gasteiger partial charge in [0, 0.05) is 44.3 Å². The van der Waals surface area contributed by atoms with Crippen molar-refractivity contribution in [2.24, 2.45) is 5.92 Å². The number of nitrogens with zero attached hydrogens (tertiary/aromatic N) is 6. The van der Waals surface area contributed by atoms with Crippen LogP contribution in [0.2, 0.25) is 0 Å². The molecule has 1 amide bonds. The highest BCUT2D eigenvalue weighted by Gasteiger charge is 2.46. The molecule has 0 unspecified atom stereocenters. The van der Waals surface area contributed by atoms with Crippen LogP contribution in [0.25, 0.3) is 0 Å². The van der Waals surface area contributed by atoms with Gasteiger partial charge in [-0.2, -0.15) is 5.10 Å². The highest BCUT2D eigenvalue weighted by molar-refractivity contribution is 5.92.